The molecule has 0 radical (unpaired) electrons. The van der Waals surface area contributed by atoms with Gasteiger partial charge in [-0.3, -0.25) is 10.1 Å². The average Bonchev–Trinajstić information content (AvgIpc) is 2.41. The third-order valence-electron chi connectivity index (χ3n) is 2.45. The number of benzene rings is 2. The second kappa shape index (κ2) is 5.70. The molecule has 0 atom stereocenters. The second-order valence-corrected chi connectivity index (χ2v) is 4.72. The van der Waals surface area contributed by atoms with E-state index in [0.29, 0.717) is 10.2 Å². The van der Waals surface area contributed by atoms with Gasteiger partial charge < -0.3 is 9.84 Å². The number of nitro benzene ring substituents is 1. The van der Waals surface area contributed by atoms with Gasteiger partial charge in [0.25, 0.3) is 0 Å². The Balaban J connectivity index is 2.30. The van der Waals surface area contributed by atoms with Crippen LogP contribution in [-0.2, 0) is 0 Å². The van der Waals surface area contributed by atoms with Gasteiger partial charge in [-0.05, 0) is 36.4 Å². The smallest absolute Gasteiger partial charge is 0.335 e. The molecule has 0 bridgehead atoms. The maximum atomic E-state index is 10.9. The minimum absolute atomic E-state index is 0.0845. The van der Waals surface area contributed by atoms with Crippen molar-refractivity contribution in [2.45, 2.75) is 0 Å². The molecule has 0 heterocycles. The summed E-state index contributed by atoms with van der Waals surface area (Å²) in [6.45, 7) is 0. The number of carboxylic acids is 1. The molecule has 6 nitrogen and oxygen atoms in total. The van der Waals surface area contributed by atoms with E-state index in [1.807, 2.05) is 0 Å². The van der Waals surface area contributed by atoms with E-state index >= 15 is 0 Å². The van der Waals surface area contributed by atoms with Crippen LogP contribution in [0.15, 0.2) is 46.9 Å². The first kappa shape index (κ1) is 14.0. The van der Waals surface area contributed by atoms with Crippen molar-refractivity contribution in [1.29, 1.82) is 0 Å². The number of aromatic carboxylic acids is 1. The molecule has 0 spiro atoms. The molecule has 1 N–H and O–H groups in total. The molecule has 102 valence electrons. The maximum absolute atomic E-state index is 10.9. The number of rotatable bonds is 4. The molecule has 7 heteroatoms. The largest absolute Gasteiger partial charge is 0.478 e. The van der Waals surface area contributed by atoms with Crippen molar-refractivity contribution in [3.63, 3.8) is 0 Å². The van der Waals surface area contributed by atoms with E-state index in [9.17, 15) is 14.9 Å². The van der Waals surface area contributed by atoms with Crippen molar-refractivity contribution in [2.75, 3.05) is 0 Å². The summed E-state index contributed by atoms with van der Waals surface area (Å²) in [6.07, 6.45) is 0. The summed E-state index contributed by atoms with van der Waals surface area (Å²) < 4.78 is 5.97. The van der Waals surface area contributed by atoms with Gasteiger partial charge in [0, 0.05) is 10.5 Å². The molecular formula is C13H8BrNO5. The third-order valence-corrected chi connectivity index (χ3v) is 2.94. The van der Waals surface area contributed by atoms with Crippen molar-refractivity contribution in [3.8, 4) is 11.5 Å². The Bertz CT molecular complexity index is 669. The Labute approximate surface area is 121 Å². The Morgan fingerprint density at radius 1 is 1.20 bits per heavy atom. The Morgan fingerprint density at radius 2 is 1.85 bits per heavy atom. The van der Waals surface area contributed by atoms with Crippen LogP contribution in [-0.4, -0.2) is 16.0 Å². The fourth-order valence-electron chi connectivity index (χ4n) is 1.51. The minimum atomic E-state index is -1.05. The maximum Gasteiger partial charge on any atom is 0.335 e. The molecule has 2 aromatic rings. The normalized spacial score (nSPS) is 10.1. The van der Waals surface area contributed by atoms with Gasteiger partial charge in [0.1, 0.15) is 5.75 Å². The molecule has 0 aliphatic heterocycles. The molecule has 2 rings (SSSR count). The number of halogens is 1. The van der Waals surface area contributed by atoms with E-state index in [1.165, 1.54) is 36.4 Å². The highest BCUT2D eigenvalue weighted by atomic mass is 79.9. The van der Waals surface area contributed by atoms with Gasteiger partial charge in [-0.15, -0.1) is 0 Å². The van der Waals surface area contributed by atoms with Crippen LogP contribution in [0.4, 0.5) is 5.69 Å². The summed E-state index contributed by atoms with van der Waals surface area (Å²) in [6, 6.07) is 10.0. The molecule has 0 saturated heterocycles. The van der Waals surface area contributed by atoms with Gasteiger partial charge in [0.15, 0.2) is 0 Å². The molecule has 0 aromatic heterocycles. The number of hydrogen-bond donors (Lipinski definition) is 1. The van der Waals surface area contributed by atoms with Crippen LogP contribution in [0.25, 0.3) is 0 Å². The first-order valence-electron chi connectivity index (χ1n) is 5.42. The van der Waals surface area contributed by atoms with Crippen LogP contribution in [0.2, 0.25) is 0 Å². The van der Waals surface area contributed by atoms with E-state index in [4.69, 9.17) is 9.84 Å². The van der Waals surface area contributed by atoms with Crippen molar-refractivity contribution in [1.82, 2.24) is 0 Å². The SMILES string of the molecule is O=C(O)c1ccc(Oc2ccc(Br)cc2[N+](=O)[O-])cc1. The van der Waals surface area contributed by atoms with E-state index in [1.54, 1.807) is 6.07 Å². The fourth-order valence-corrected chi connectivity index (χ4v) is 1.86. The van der Waals surface area contributed by atoms with Gasteiger partial charge >= 0.3 is 11.7 Å². The molecule has 0 fully saturated rings. The van der Waals surface area contributed by atoms with Crippen LogP contribution < -0.4 is 4.74 Å². The highest BCUT2D eigenvalue weighted by Crippen LogP contribution is 2.33. The van der Waals surface area contributed by atoms with Crippen molar-refractivity contribution >= 4 is 27.6 Å². The van der Waals surface area contributed by atoms with Gasteiger partial charge in [0.05, 0.1) is 10.5 Å². The predicted octanol–water partition coefficient (Wildman–Crippen LogP) is 3.85. The molecule has 0 saturated carbocycles. The van der Waals surface area contributed by atoms with Crippen LogP contribution in [0.5, 0.6) is 11.5 Å². The summed E-state index contributed by atoms with van der Waals surface area (Å²) in [5.41, 5.74) is -0.0654. The molecule has 0 aliphatic carbocycles. The van der Waals surface area contributed by atoms with Crippen molar-refractivity contribution in [2.24, 2.45) is 0 Å². The summed E-state index contributed by atoms with van der Waals surface area (Å²) >= 11 is 3.15. The van der Waals surface area contributed by atoms with Crippen LogP contribution >= 0.6 is 15.9 Å². The zero-order valence-electron chi connectivity index (χ0n) is 9.95. The summed E-state index contributed by atoms with van der Waals surface area (Å²) in [5, 5.41) is 19.7. The van der Waals surface area contributed by atoms with Crippen molar-refractivity contribution in [3.05, 3.63) is 62.6 Å². The van der Waals surface area contributed by atoms with E-state index in [2.05, 4.69) is 15.9 Å². The summed E-state index contributed by atoms with van der Waals surface area (Å²) in [7, 11) is 0. The first-order chi connectivity index (χ1) is 9.47. The van der Waals surface area contributed by atoms with Gasteiger partial charge in [-0.25, -0.2) is 4.79 Å². The fraction of sp³-hybridized carbons (Fsp3) is 0. The first-order valence-corrected chi connectivity index (χ1v) is 6.22. The second-order valence-electron chi connectivity index (χ2n) is 3.80. The van der Waals surface area contributed by atoms with Gasteiger partial charge in [-0.1, -0.05) is 15.9 Å². The molecular weight excluding hydrogens is 330 g/mol. The monoisotopic (exact) mass is 337 g/mol. The highest BCUT2D eigenvalue weighted by Gasteiger charge is 2.16. The highest BCUT2D eigenvalue weighted by molar-refractivity contribution is 9.10. The van der Waals surface area contributed by atoms with E-state index in [0.717, 1.165) is 0 Å². The molecule has 0 aliphatic rings. The lowest BCUT2D eigenvalue weighted by atomic mass is 10.2. The Hall–Kier alpha value is -2.41. The Kier molecular flexibility index (Phi) is 3.99. The number of carboxylic acid groups (broad SMARTS) is 1. The van der Waals surface area contributed by atoms with Crippen LogP contribution in [0.3, 0.4) is 0 Å². The molecule has 0 amide bonds. The third kappa shape index (κ3) is 3.12. The van der Waals surface area contributed by atoms with E-state index < -0.39 is 10.9 Å². The average molecular weight is 338 g/mol. The van der Waals surface area contributed by atoms with E-state index in [-0.39, 0.29) is 17.0 Å². The van der Waals surface area contributed by atoms with Gasteiger partial charge in [0.2, 0.25) is 5.75 Å². The number of nitrogens with zero attached hydrogens (tertiary/aromatic N) is 1. The predicted molar refractivity (Wildman–Crippen MR) is 74.3 cm³/mol. The zero-order valence-corrected chi connectivity index (χ0v) is 11.5. The number of nitro groups is 1. The Morgan fingerprint density at radius 3 is 2.40 bits per heavy atom. The number of carbonyl (C=O) groups is 1. The minimum Gasteiger partial charge on any atom is -0.478 e. The quantitative estimate of drug-likeness (QED) is 0.676. The molecule has 2 aromatic carbocycles. The molecule has 0 unspecified atom stereocenters. The van der Waals surface area contributed by atoms with Crippen LogP contribution in [0, 0.1) is 10.1 Å². The summed E-state index contributed by atoms with van der Waals surface area (Å²) in [4.78, 5) is 21.1. The zero-order chi connectivity index (χ0) is 14.7. The number of hydrogen-bond acceptors (Lipinski definition) is 4. The lowest BCUT2D eigenvalue weighted by Crippen LogP contribution is -1.96. The molecule has 20 heavy (non-hydrogen) atoms. The summed E-state index contributed by atoms with van der Waals surface area (Å²) in [5.74, 6) is -0.645. The van der Waals surface area contributed by atoms with Crippen LogP contribution in [0.1, 0.15) is 10.4 Å². The standard InChI is InChI=1S/C13H8BrNO5/c14-9-3-6-12(11(7-9)15(18)19)20-10-4-1-8(2-5-10)13(16)17/h1-7H,(H,16,17). The lowest BCUT2D eigenvalue weighted by molar-refractivity contribution is -0.385. The van der Waals surface area contributed by atoms with Crippen molar-refractivity contribution < 1.29 is 19.6 Å². The number of ether oxygens (including phenoxy) is 1. The van der Waals surface area contributed by atoms with Gasteiger partial charge in [-0.2, -0.15) is 0 Å². The topological polar surface area (TPSA) is 89.7 Å². The lowest BCUT2D eigenvalue weighted by Gasteiger charge is -2.06.